The van der Waals surface area contributed by atoms with E-state index in [1.807, 2.05) is 0 Å². The minimum atomic E-state index is -0.287. The van der Waals surface area contributed by atoms with E-state index in [0.717, 1.165) is 31.5 Å². The second-order valence-corrected chi connectivity index (χ2v) is 18.8. The van der Waals surface area contributed by atoms with Gasteiger partial charge in [-0.1, -0.05) is 33.6 Å². The van der Waals surface area contributed by atoms with Gasteiger partial charge in [-0.15, -0.1) is 0 Å². The summed E-state index contributed by atoms with van der Waals surface area (Å²) in [6, 6.07) is 1.51. The molecule has 2 spiro atoms. The summed E-state index contributed by atoms with van der Waals surface area (Å²) < 4.78 is 0. The van der Waals surface area contributed by atoms with Crippen molar-refractivity contribution in [2.45, 2.75) is 200 Å². The Hall–Kier alpha value is -1.51. The molecule has 5 aliphatic rings. The first kappa shape index (κ1) is 36.3. The SMILES string of the molecule is CC(C)=N/C(=N\C(=N)NC(C)(C)C(C)(C)C)N1CCCCCCN(C(C)C)C2CC(C)(C)NC3(C2)CC2(CC1CC(C)(C)N2)C3. The number of fused-ring (bicyclic) bond motifs is 7. The molecule has 8 heteroatoms. The lowest BCUT2D eigenvalue weighted by Gasteiger charge is -2.67. The van der Waals surface area contributed by atoms with Crippen LogP contribution in [0.25, 0.3) is 0 Å². The van der Waals surface area contributed by atoms with Crippen LogP contribution in [0.4, 0.5) is 0 Å². The van der Waals surface area contributed by atoms with Crippen LogP contribution in [0.2, 0.25) is 0 Å². The van der Waals surface area contributed by atoms with Gasteiger partial charge in [0.15, 0.2) is 0 Å². The van der Waals surface area contributed by atoms with Crippen LogP contribution in [0, 0.1) is 10.8 Å². The molecule has 4 heterocycles. The molecule has 45 heavy (non-hydrogen) atoms. The minimum absolute atomic E-state index is 0.000353. The normalized spacial score (nSPS) is 33.0. The lowest BCUT2D eigenvalue weighted by Crippen LogP contribution is -2.80. The largest absolute Gasteiger partial charge is 0.349 e. The Kier molecular flexibility index (Phi) is 10.4. The molecule has 4 aliphatic heterocycles. The monoisotopic (exact) mass is 627 g/mol. The van der Waals surface area contributed by atoms with E-state index < -0.39 is 0 Å². The Morgan fingerprint density at radius 3 is 1.80 bits per heavy atom. The first-order valence-corrected chi connectivity index (χ1v) is 18.1. The van der Waals surface area contributed by atoms with Gasteiger partial charge < -0.3 is 20.9 Å². The van der Waals surface area contributed by atoms with E-state index in [2.05, 4.69) is 116 Å². The van der Waals surface area contributed by atoms with Gasteiger partial charge in [0.05, 0.1) is 0 Å². The molecule has 0 amide bonds. The fourth-order valence-corrected chi connectivity index (χ4v) is 9.23. The second-order valence-electron chi connectivity index (χ2n) is 18.8. The van der Waals surface area contributed by atoms with E-state index in [4.69, 9.17) is 15.4 Å². The van der Waals surface area contributed by atoms with Gasteiger partial charge in [-0.3, -0.25) is 10.3 Å². The number of rotatable bonds is 2. The van der Waals surface area contributed by atoms with Crippen LogP contribution in [-0.4, -0.2) is 86.3 Å². The number of aliphatic imine (C=N–C) groups is 2. The molecule has 4 N–H and O–H groups in total. The lowest BCUT2D eigenvalue weighted by atomic mass is 9.53. The van der Waals surface area contributed by atoms with Gasteiger partial charge in [0.2, 0.25) is 11.9 Å². The Balaban J connectivity index is 1.71. The maximum Gasteiger partial charge on any atom is 0.228 e. The minimum Gasteiger partial charge on any atom is -0.349 e. The first-order valence-electron chi connectivity index (χ1n) is 18.1. The van der Waals surface area contributed by atoms with Crippen molar-refractivity contribution in [3.8, 4) is 0 Å². The molecule has 2 unspecified atom stereocenters. The predicted octanol–water partition coefficient (Wildman–Crippen LogP) is 7.09. The fourth-order valence-electron chi connectivity index (χ4n) is 9.23. The molecule has 8 nitrogen and oxygen atoms in total. The van der Waals surface area contributed by atoms with Crippen molar-refractivity contribution in [3.05, 3.63) is 0 Å². The standard InChI is InChI=1S/C37H70N8/c1-26(2)39-31(40-30(38)41-35(12,13)32(5,6)7)45-19-17-15-14-16-18-44(27(3)4)28-20-33(8,9)42-36(22-28)24-37(25-36)23-29(45)21-34(10,11)43-37/h27-29,42-43H,14-25H2,1-13H3,(H2,38,41)/b40-31+. The van der Waals surface area contributed by atoms with Crippen LogP contribution < -0.4 is 16.0 Å². The molecule has 5 rings (SSSR count). The third-order valence-corrected chi connectivity index (χ3v) is 11.5. The molecular weight excluding hydrogens is 556 g/mol. The van der Waals surface area contributed by atoms with E-state index >= 15 is 0 Å². The molecule has 1 saturated carbocycles. The van der Waals surface area contributed by atoms with Crippen LogP contribution >= 0.6 is 0 Å². The highest BCUT2D eigenvalue weighted by atomic mass is 15.3. The molecule has 4 saturated heterocycles. The Morgan fingerprint density at radius 1 is 0.778 bits per heavy atom. The summed E-state index contributed by atoms with van der Waals surface area (Å²) >= 11 is 0. The maximum absolute atomic E-state index is 8.98. The number of hydrogen-bond donors (Lipinski definition) is 4. The van der Waals surface area contributed by atoms with Gasteiger partial charge in [0, 0.05) is 58.1 Å². The summed E-state index contributed by atoms with van der Waals surface area (Å²) in [5.74, 6) is 0.904. The fraction of sp³-hybridized carbons (Fsp3) is 0.919. The first-order chi connectivity index (χ1) is 20.6. The van der Waals surface area contributed by atoms with Crippen molar-refractivity contribution >= 4 is 17.6 Å². The number of guanidine groups is 2. The highest BCUT2D eigenvalue weighted by Gasteiger charge is 2.62. The smallest absolute Gasteiger partial charge is 0.228 e. The van der Waals surface area contributed by atoms with Gasteiger partial charge in [0.25, 0.3) is 0 Å². The summed E-state index contributed by atoms with van der Waals surface area (Å²) in [6.07, 6.45) is 11.7. The molecule has 258 valence electrons. The Labute approximate surface area is 276 Å². The van der Waals surface area contributed by atoms with Crippen LogP contribution in [0.15, 0.2) is 9.98 Å². The average Bonchev–Trinajstić information content (AvgIpc) is 2.80. The highest BCUT2D eigenvalue weighted by Crippen LogP contribution is 2.54. The molecular formula is C37H70N8. The molecule has 5 fully saturated rings. The maximum atomic E-state index is 8.98. The van der Waals surface area contributed by atoms with Crippen molar-refractivity contribution in [2.24, 2.45) is 15.4 Å². The van der Waals surface area contributed by atoms with Gasteiger partial charge in [-0.05, 0) is 133 Å². The van der Waals surface area contributed by atoms with Gasteiger partial charge in [0.1, 0.15) is 0 Å². The third-order valence-electron chi connectivity index (χ3n) is 11.5. The van der Waals surface area contributed by atoms with Gasteiger partial charge in [-0.25, -0.2) is 4.99 Å². The molecule has 0 aromatic heterocycles. The van der Waals surface area contributed by atoms with E-state index in [1.165, 1.54) is 51.5 Å². The summed E-state index contributed by atoms with van der Waals surface area (Å²) in [5.41, 5.74) is 1.06. The van der Waals surface area contributed by atoms with Crippen molar-refractivity contribution in [2.75, 3.05) is 13.1 Å². The van der Waals surface area contributed by atoms with E-state index in [-0.39, 0.29) is 39.1 Å². The number of nitrogens with zero attached hydrogens (tertiary/aromatic N) is 4. The topological polar surface area (TPSA) is 91.1 Å². The van der Waals surface area contributed by atoms with E-state index in [0.29, 0.717) is 24.1 Å². The molecule has 0 aromatic rings. The van der Waals surface area contributed by atoms with Gasteiger partial charge in [-0.2, -0.15) is 4.99 Å². The van der Waals surface area contributed by atoms with Gasteiger partial charge >= 0.3 is 0 Å². The molecule has 4 bridgehead atoms. The zero-order valence-corrected chi connectivity index (χ0v) is 31.5. The third kappa shape index (κ3) is 8.70. The molecule has 1 aliphatic carbocycles. The van der Waals surface area contributed by atoms with Crippen molar-refractivity contribution in [1.82, 2.24) is 25.8 Å². The zero-order chi connectivity index (χ0) is 33.6. The predicted molar refractivity (Wildman–Crippen MR) is 193 cm³/mol. The number of nitrogens with one attached hydrogen (secondary N) is 4. The molecule has 2 atom stereocenters. The number of piperidine rings is 2. The molecule has 0 radical (unpaired) electrons. The van der Waals surface area contributed by atoms with E-state index in [9.17, 15) is 0 Å². The summed E-state index contributed by atoms with van der Waals surface area (Å²) in [6.45, 7) is 31.6. The Bertz CT molecular complexity index is 1110. The van der Waals surface area contributed by atoms with Crippen LogP contribution in [0.3, 0.4) is 0 Å². The second kappa shape index (κ2) is 12.8. The Morgan fingerprint density at radius 2 is 1.29 bits per heavy atom. The van der Waals surface area contributed by atoms with Crippen LogP contribution in [0.1, 0.15) is 154 Å². The van der Waals surface area contributed by atoms with Crippen LogP contribution in [-0.2, 0) is 0 Å². The van der Waals surface area contributed by atoms with E-state index in [1.54, 1.807) is 0 Å². The summed E-state index contributed by atoms with van der Waals surface area (Å²) in [7, 11) is 0. The number of hydrogen-bond acceptors (Lipinski definition) is 4. The van der Waals surface area contributed by atoms with Crippen molar-refractivity contribution in [3.63, 3.8) is 0 Å². The van der Waals surface area contributed by atoms with Crippen molar-refractivity contribution < 1.29 is 0 Å². The highest BCUT2D eigenvalue weighted by molar-refractivity contribution is 6.00. The summed E-state index contributed by atoms with van der Waals surface area (Å²) in [5, 5.41) is 20.8. The average molecular weight is 627 g/mol. The zero-order valence-electron chi connectivity index (χ0n) is 31.5. The summed E-state index contributed by atoms with van der Waals surface area (Å²) in [4.78, 5) is 15.4. The van der Waals surface area contributed by atoms with Crippen LogP contribution in [0.5, 0.6) is 0 Å². The lowest BCUT2D eigenvalue weighted by molar-refractivity contribution is -0.0802. The van der Waals surface area contributed by atoms with Crippen molar-refractivity contribution in [1.29, 1.82) is 5.41 Å². The quantitative estimate of drug-likeness (QED) is 0.194. The molecule has 0 aromatic carbocycles.